The van der Waals surface area contributed by atoms with Crippen molar-refractivity contribution in [2.45, 2.75) is 32.2 Å². The summed E-state index contributed by atoms with van der Waals surface area (Å²) in [6, 6.07) is 10.4. The Labute approximate surface area is 98.3 Å². The summed E-state index contributed by atoms with van der Waals surface area (Å²) in [4.78, 5) is 13.6. The van der Waals surface area contributed by atoms with Crippen LogP contribution in [-0.2, 0) is 10.2 Å². The fourth-order valence-electron chi connectivity index (χ4n) is 1.72. The Morgan fingerprint density at radius 1 is 1.31 bits per heavy atom. The lowest BCUT2D eigenvalue weighted by Crippen LogP contribution is -2.41. The first-order valence-electron chi connectivity index (χ1n) is 5.71. The monoisotopic (exact) mass is 219 g/mol. The second-order valence-corrected chi connectivity index (χ2v) is 4.91. The first-order chi connectivity index (χ1) is 7.49. The third-order valence-corrected chi connectivity index (χ3v) is 3.15. The molecule has 88 valence electrons. The molecule has 0 radical (unpaired) electrons. The highest BCUT2D eigenvalue weighted by atomic mass is 16.1. The molecular weight excluding hydrogens is 198 g/mol. The summed E-state index contributed by atoms with van der Waals surface area (Å²) in [5.74, 6) is 0. The van der Waals surface area contributed by atoms with Gasteiger partial charge in [-0.25, -0.2) is 0 Å². The zero-order valence-corrected chi connectivity index (χ0v) is 10.6. The highest BCUT2D eigenvalue weighted by Gasteiger charge is 2.28. The van der Waals surface area contributed by atoms with Gasteiger partial charge < -0.3 is 9.69 Å². The highest BCUT2D eigenvalue weighted by molar-refractivity contribution is 5.68. The number of hydrogen-bond acceptors (Lipinski definition) is 2. The van der Waals surface area contributed by atoms with Gasteiger partial charge in [-0.1, -0.05) is 30.3 Å². The van der Waals surface area contributed by atoms with E-state index in [-0.39, 0.29) is 0 Å². The first-order valence-corrected chi connectivity index (χ1v) is 5.71. The highest BCUT2D eigenvalue weighted by Crippen LogP contribution is 2.22. The summed E-state index contributed by atoms with van der Waals surface area (Å²) in [7, 11) is 2.05. The molecule has 16 heavy (non-hydrogen) atoms. The van der Waals surface area contributed by atoms with Crippen LogP contribution in [0.2, 0.25) is 0 Å². The van der Waals surface area contributed by atoms with Gasteiger partial charge >= 0.3 is 0 Å². The maximum atomic E-state index is 11.4. The lowest BCUT2D eigenvalue weighted by Gasteiger charge is -2.31. The Kier molecular flexibility index (Phi) is 4.25. The van der Waals surface area contributed by atoms with Crippen LogP contribution in [0.25, 0.3) is 0 Å². The fourth-order valence-corrected chi connectivity index (χ4v) is 1.72. The number of rotatable bonds is 5. The van der Waals surface area contributed by atoms with E-state index in [2.05, 4.69) is 25.8 Å². The molecule has 1 aromatic carbocycles. The number of carbonyl (C=O) groups excluding carboxylic acids is 1. The number of nitrogens with zero attached hydrogens (tertiary/aromatic N) is 1. The van der Waals surface area contributed by atoms with Gasteiger partial charge in [0.15, 0.2) is 0 Å². The molecule has 1 unspecified atom stereocenters. The second-order valence-electron chi connectivity index (χ2n) is 4.91. The largest absolute Gasteiger partial charge is 0.303 e. The van der Waals surface area contributed by atoms with Crippen LogP contribution in [0.15, 0.2) is 30.3 Å². The van der Waals surface area contributed by atoms with E-state index < -0.39 is 5.41 Å². The van der Waals surface area contributed by atoms with E-state index in [0.717, 1.165) is 18.4 Å². The van der Waals surface area contributed by atoms with Gasteiger partial charge in [-0.2, -0.15) is 0 Å². The molecular formula is C14H21NO. The van der Waals surface area contributed by atoms with E-state index in [0.29, 0.717) is 6.04 Å². The van der Waals surface area contributed by atoms with Crippen LogP contribution >= 0.6 is 0 Å². The zero-order chi connectivity index (χ0) is 12.2. The molecule has 0 saturated heterocycles. The topological polar surface area (TPSA) is 20.3 Å². The van der Waals surface area contributed by atoms with Crippen molar-refractivity contribution < 1.29 is 4.79 Å². The van der Waals surface area contributed by atoms with Gasteiger partial charge in [0.05, 0.1) is 5.41 Å². The Morgan fingerprint density at radius 2 is 1.88 bits per heavy atom. The standard InChI is InChI=1S/C14H21NO/c1-12(2)15(4)10-14(3,11-16)13-8-6-5-7-9-13/h5-9,11-12H,10H2,1-4H3. The van der Waals surface area contributed by atoms with Crippen molar-refractivity contribution in [1.82, 2.24) is 4.90 Å². The number of aldehydes is 1. The Balaban J connectivity index is 2.90. The van der Waals surface area contributed by atoms with Gasteiger partial charge in [0.2, 0.25) is 0 Å². The molecule has 1 aromatic rings. The summed E-state index contributed by atoms with van der Waals surface area (Å²) in [5.41, 5.74) is 0.665. The van der Waals surface area contributed by atoms with Crippen molar-refractivity contribution in [3.05, 3.63) is 35.9 Å². The van der Waals surface area contributed by atoms with Crippen LogP contribution < -0.4 is 0 Å². The van der Waals surface area contributed by atoms with Crippen molar-refractivity contribution in [1.29, 1.82) is 0 Å². The van der Waals surface area contributed by atoms with Crippen molar-refractivity contribution in [3.8, 4) is 0 Å². The third kappa shape index (κ3) is 2.92. The molecule has 1 rings (SSSR count). The summed E-state index contributed by atoms with van der Waals surface area (Å²) in [6.45, 7) is 7.01. The third-order valence-electron chi connectivity index (χ3n) is 3.15. The molecule has 0 aliphatic heterocycles. The lowest BCUT2D eigenvalue weighted by molar-refractivity contribution is -0.112. The van der Waals surface area contributed by atoms with Gasteiger partial charge in [0.1, 0.15) is 6.29 Å². The molecule has 2 nitrogen and oxygen atoms in total. The molecule has 0 N–H and O–H groups in total. The SMILES string of the molecule is CC(C)N(C)CC(C)(C=O)c1ccccc1. The molecule has 0 bridgehead atoms. The van der Waals surface area contributed by atoms with Gasteiger partial charge in [-0.05, 0) is 33.4 Å². The maximum absolute atomic E-state index is 11.4. The van der Waals surface area contributed by atoms with Gasteiger partial charge in [-0.15, -0.1) is 0 Å². The number of hydrogen-bond donors (Lipinski definition) is 0. The van der Waals surface area contributed by atoms with Crippen molar-refractivity contribution in [2.75, 3.05) is 13.6 Å². The van der Waals surface area contributed by atoms with E-state index in [1.54, 1.807) is 0 Å². The number of likely N-dealkylation sites (N-methyl/N-ethyl adjacent to an activating group) is 1. The minimum atomic E-state index is -0.416. The van der Waals surface area contributed by atoms with E-state index in [4.69, 9.17) is 0 Å². The normalized spacial score (nSPS) is 15.1. The molecule has 0 saturated carbocycles. The maximum Gasteiger partial charge on any atom is 0.131 e. The summed E-state index contributed by atoms with van der Waals surface area (Å²) in [5, 5.41) is 0. The Bertz CT molecular complexity index is 334. The second kappa shape index (κ2) is 5.26. The number of benzene rings is 1. The summed E-state index contributed by atoms with van der Waals surface area (Å²) >= 11 is 0. The molecule has 0 fully saturated rings. The van der Waals surface area contributed by atoms with Crippen molar-refractivity contribution >= 4 is 6.29 Å². The average Bonchev–Trinajstić information content (AvgIpc) is 2.29. The van der Waals surface area contributed by atoms with E-state index in [9.17, 15) is 4.79 Å². The Hall–Kier alpha value is -1.15. The molecule has 0 heterocycles. The number of carbonyl (C=O) groups is 1. The lowest BCUT2D eigenvalue weighted by atomic mass is 9.83. The first kappa shape index (κ1) is 12.9. The molecule has 2 heteroatoms. The molecule has 0 aromatic heterocycles. The minimum absolute atomic E-state index is 0.416. The van der Waals surface area contributed by atoms with Crippen LogP contribution in [-0.4, -0.2) is 30.8 Å². The average molecular weight is 219 g/mol. The predicted octanol–water partition coefficient (Wildman–Crippen LogP) is 2.48. The van der Waals surface area contributed by atoms with Gasteiger partial charge in [-0.3, -0.25) is 0 Å². The van der Waals surface area contributed by atoms with E-state index in [1.165, 1.54) is 0 Å². The van der Waals surface area contributed by atoms with Crippen molar-refractivity contribution in [2.24, 2.45) is 0 Å². The van der Waals surface area contributed by atoms with Gasteiger partial charge in [0, 0.05) is 12.6 Å². The zero-order valence-electron chi connectivity index (χ0n) is 10.6. The van der Waals surface area contributed by atoms with Crippen molar-refractivity contribution in [3.63, 3.8) is 0 Å². The van der Waals surface area contributed by atoms with Crippen LogP contribution in [0.4, 0.5) is 0 Å². The summed E-state index contributed by atoms with van der Waals surface area (Å²) in [6.07, 6.45) is 1.06. The molecule has 1 atom stereocenters. The molecule has 0 aliphatic rings. The van der Waals surface area contributed by atoms with Gasteiger partial charge in [0.25, 0.3) is 0 Å². The smallest absolute Gasteiger partial charge is 0.131 e. The van der Waals surface area contributed by atoms with E-state index in [1.807, 2.05) is 37.3 Å². The molecule has 0 aliphatic carbocycles. The summed E-state index contributed by atoms with van der Waals surface area (Å²) < 4.78 is 0. The van der Waals surface area contributed by atoms with Crippen LogP contribution in [0, 0.1) is 0 Å². The quantitative estimate of drug-likeness (QED) is 0.709. The molecule has 0 amide bonds. The van der Waals surface area contributed by atoms with Crippen LogP contribution in [0.1, 0.15) is 26.3 Å². The fraction of sp³-hybridized carbons (Fsp3) is 0.500. The van der Waals surface area contributed by atoms with Crippen LogP contribution in [0.3, 0.4) is 0 Å². The minimum Gasteiger partial charge on any atom is -0.303 e. The Morgan fingerprint density at radius 3 is 2.31 bits per heavy atom. The predicted molar refractivity (Wildman–Crippen MR) is 67.6 cm³/mol. The molecule has 0 spiro atoms. The van der Waals surface area contributed by atoms with Crippen LogP contribution in [0.5, 0.6) is 0 Å². The van der Waals surface area contributed by atoms with E-state index >= 15 is 0 Å².